The van der Waals surface area contributed by atoms with Crippen LogP contribution in [-0.4, -0.2) is 13.1 Å². The maximum atomic E-state index is 3.73. The van der Waals surface area contributed by atoms with Crippen molar-refractivity contribution in [2.75, 3.05) is 13.1 Å². The molecule has 2 aliphatic rings. The van der Waals surface area contributed by atoms with E-state index < -0.39 is 0 Å². The summed E-state index contributed by atoms with van der Waals surface area (Å²) < 4.78 is 0. The third-order valence-electron chi connectivity index (χ3n) is 5.33. The molecule has 1 atom stereocenters. The topological polar surface area (TPSA) is 12.0 Å². The fourth-order valence-corrected chi connectivity index (χ4v) is 3.85. The summed E-state index contributed by atoms with van der Waals surface area (Å²) in [7, 11) is 0. The molecule has 19 heavy (non-hydrogen) atoms. The van der Waals surface area contributed by atoms with Crippen LogP contribution in [-0.2, 0) is 6.42 Å². The van der Waals surface area contributed by atoms with E-state index in [0.717, 1.165) is 17.8 Å². The summed E-state index contributed by atoms with van der Waals surface area (Å²) in [4.78, 5) is 0. The summed E-state index contributed by atoms with van der Waals surface area (Å²) in [5.74, 6) is 2.75. The van der Waals surface area contributed by atoms with Crippen LogP contribution in [0.3, 0.4) is 0 Å². The Morgan fingerprint density at radius 3 is 2.47 bits per heavy atom. The maximum Gasteiger partial charge on any atom is 0.00235 e. The Kier molecular flexibility index (Phi) is 4.22. The van der Waals surface area contributed by atoms with E-state index in [4.69, 9.17) is 0 Å². The van der Waals surface area contributed by atoms with Crippen LogP contribution in [0.25, 0.3) is 0 Å². The van der Waals surface area contributed by atoms with Gasteiger partial charge in [0.05, 0.1) is 0 Å². The number of hydrogen-bond donors (Lipinski definition) is 1. The Balaban J connectivity index is 1.36. The number of hydrogen-bond acceptors (Lipinski definition) is 1. The smallest absolute Gasteiger partial charge is 0.00235 e. The minimum atomic E-state index is 0.781. The van der Waals surface area contributed by atoms with Gasteiger partial charge in [0.1, 0.15) is 0 Å². The van der Waals surface area contributed by atoms with Crippen molar-refractivity contribution in [1.29, 1.82) is 0 Å². The zero-order valence-electron chi connectivity index (χ0n) is 12.2. The van der Waals surface area contributed by atoms with Crippen molar-refractivity contribution in [3.63, 3.8) is 0 Å². The van der Waals surface area contributed by atoms with E-state index in [1.807, 2.05) is 0 Å². The molecule has 104 valence electrons. The first-order valence-electron chi connectivity index (χ1n) is 8.15. The van der Waals surface area contributed by atoms with Gasteiger partial charge in [0.2, 0.25) is 0 Å². The van der Waals surface area contributed by atoms with E-state index in [1.165, 1.54) is 51.6 Å². The summed E-state index contributed by atoms with van der Waals surface area (Å²) >= 11 is 0. The SMILES string of the molecule is CCC1CCC(CNCC2Cc3ccccc32)CC1. The van der Waals surface area contributed by atoms with Gasteiger partial charge in [-0.3, -0.25) is 0 Å². The van der Waals surface area contributed by atoms with Crippen LogP contribution in [0.1, 0.15) is 56.1 Å². The molecule has 0 aliphatic heterocycles. The molecule has 0 saturated heterocycles. The average molecular weight is 257 g/mol. The Morgan fingerprint density at radius 2 is 1.74 bits per heavy atom. The van der Waals surface area contributed by atoms with Gasteiger partial charge in [-0.1, -0.05) is 50.5 Å². The lowest BCUT2D eigenvalue weighted by molar-refractivity contribution is 0.261. The molecule has 0 aromatic heterocycles. The largest absolute Gasteiger partial charge is 0.316 e. The van der Waals surface area contributed by atoms with Crippen LogP contribution in [0.5, 0.6) is 0 Å². The van der Waals surface area contributed by atoms with Crippen molar-refractivity contribution in [2.45, 2.75) is 51.4 Å². The lowest BCUT2D eigenvalue weighted by Crippen LogP contribution is -2.33. The quantitative estimate of drug-likeness (QED) is 0.836. The van der Waals surface area contributed by atoms with Crippen molar-refractivity contribution < 1.29 is 0 Å². The number of benzene rings is 1. The predicted octanol–water partition coefficient (Wildman–Crippen LogP) is 4.13. The highest BCUT2D eigenvalue weighted by Crippen LogP contribution is 2.34. The minimum absolute atomic E-state index is 0.781. The van der Waals surface area contributed by atoms with E-state index in [-0.39, 0.29) is 0 Å². The van der Waals surface area contributed by atoms with Crippen molar-refractivity contribution in [2.24, 2.45) is 11.8 Å². The highest BCUT2D eigenvalue weighted by molar-refractivity contribution is 5.40. The third kappa shape index (κ3) is 3.02. The Labute approximate surface area is 117 Å². The summed E-state index contributed by atoms with van der Waals surface area (Å²) in [6, 6.07) is 8.92. The summed E-state index contributed by atoms with van der Waals surface area (Å²) in [5, 5.41) is 3.73. The monoisotopic (exact) mass is 257 g/mol. The van der Waals surface area contributed by atoms with Gasteiger partial charge in [-0.25, -0.2) is 0 Å². The highest BCUT2D eigenvalue weighted by Gasteiger charge is 2.25. The fraction of sp³-hybridized carbons (Fsp3) is 0.667. The van der Waals surface area contributed by atoms with Gasteiger partial charge in [0.15, 0.2) is 0 Å². The second-order valence-corrected chi connectivity index (χ2v) is 6.55. The molecule has 1 fully saturated rings. The lowest BCUT2D eigenvalue weighted by Gasteiger charge is -2.32. The molecular formula is C18H27N. The molecule has 0 amide bonds. The Bertz CT molecular complexity index is 404. The molecule has 0 spiro atoms. The maximum absolute atomic E-state index is 3.73. The van der Waals surface area contributed by atoms with Crippen molar-refractivity contribution in [1.82, 2.24) is 5.32 Å². The zero-order chi connectivity index (χ0) is 13.1. The van der Waals surface area contributed by atoms with Crippen LogP contribution in [0.2, 0.25) is 0 Å². The van der Waals surface area contributed by atoms with E-state index in [9.17, 15) is 0 Å². The highest BCUT2D eigenvalue weighted by atomic mass is 14.9. The molecule has 1 aromatic rings. The summed E-state index contributed by atoms with van der Waals surface area (Å²) in [5.41, 5.74) is 3.16. The molecule has 1 aromatic carbocycles. The molecular weight excluding hydrogens is 230 g/mol. The second-order valence-electron chi connectivity index (χ2n) is 6.55. The van der Waals surface area contributed by atoms with Crippen LogP contribution < -0.4 is 5.32 Å². The number of fused-ring (bicyclic) bond motifs is 1. The van der Waals surface area contributed by atoms with E-state index in [0.29, 0.717) is 0 Å². The first kappa shape index (κ1) is 13.2. The predicted molar refractivity (Wildman–Crippen MR) is 81.5 cm³/mol. The molecule has 2 aliphatic carbocycles. The molecule has 1 nitrogen and oxygen atoms in total. The molecule has 0 radical (unpaired) electrons. The summed E-state index contributed by atoms with van der Waals surface area (Å²) in [6.07, 6.45) is 8.51. The van der Waals surface area contributed by atoms with Gasteiger partial charge in [-0.15, -0.1) is 0 Å². The van der Waals surface area contributed by atoms with Crippen LogP contribution in [0, 0.1) is 11.8 Å². The van der Waals surface area contributed by atoms with Crippen molar-refractivity contribution >= 4 is 0 Å². The van der Waals surface area contributed by atoms with Gasteiger partial charge in [0.25, 0.3) is 0 Å². The van der Waals surface area contributed by atoms with E-state index in [2.05, 4.69) is 36.5 Å². The Hall–Kier alpha value is -0.820. The molecule has 0 bridgehead atoms. The first-order valence-corrected chi connectivity index (χ1v) is 8.15. The molecule has 1 N–H and O–H groups in total. The molecule has 1 heteroatoms. The van der Waals surface area contributed by atoms with Gasteiger partial charge in [-0.2, -0.15) is 0 Å². The van der Waals surface area contributed by atoms with Crippen LogP contribution in [0.4, 0.5) is 0 Å². The average Bonchev–Trinajstić information content (AvgIpc) is 2.44. The van der Waals surface area contributed by atoms with Crippen LogP contribution in [0.15, 0.2) is 24.3 Å². The normalized spacial score (nSPS) is 29.6. The van der Waals surface area contributed by atoms with Gasteiger partial charge >= 0.3 is 0 Å². The van der Waals surface area contributed by atoms with Crippen LogP contribution >= 0.6 is 0 Å². The molecule has 1 saturated carbocycles. The molecule has 3 rings (SSSR count). The van der Waals surface area contributed by atoms with Gasteiger partial charge in [-0.05, 0) is 48.8 Å². The second kappa shape index (κ2) is 6.09. The fourth-order valence-electron chi connectivity index (χ4n) is 3.85. The van der Waals surface area contributed by atoms with E-state index in [1.54, 1.807) is 11.1 Å². The number of nitrogens with one attached hydrogen (secondary N) is 1. The lowest BCUT2D eigenvalue weighted by atomic mass is 9.77. The minimum Gasteiger partial charge on any atom is -0.316 e. The zero-order valence-corrected chi connectivity index (χ0v) is 12.2. The van der Waals surface area contributed by atoms with Gasteiger partial charge < -0.3 is 5.32 Å². The summed E-state index contributed by atoms with van der Waals surface area (Å²) in [6.45, 7) is 4.77. The molecule has 0 heterocycles. The third-order valence-corrected chi connectivity index (χ3v) is 5.33. The van der Waals surface area contributed by atoms with Gasteiger partial charge in [0, 0.05) is 12.5 Å². The standard InChI is InChI=1S/C18H27N/c1-2-14-7-9-15(10-8-14)12-19-13-17-11-16-5-3-4-6-18(16)17/h3-6,14-15,17,19H,2,7-13H2,1H3. The Morgan fingerprint density at radius 1 is 1.00 bits per heavy atom. The molecule has 1 unspecified atom stereocenters. The number of rotatable bonds is 5. The van der Waals surface area contributed by atoms with E-state index >= 15 is 0 Å². The first-order chi connectivity index (χ1) is 9.36. The van der Waals surface area contributed by atoms with Crippen molar-refractivity contribution in [3.8, 4) is 0 Å². The van der Waals surface area contributed by atoms with Crippen molar-refractivity contribution in [3.05, 3.63) is 35.4 Å².